The largest absolute Gasteiger partial charge is 0.340 e. The fourth-order valence-electron chi connectivity index (χ4n) is 6.21. The first-order valence-electron chi connectivity index (χ1n) is 13.7. The minimum absolute atomic E-state index is 0.206. The van der Waals surface area contributed by atoms with Gasteiger partial charge in [-0.3, -0.25) is 14.5 Å². The molecule has 33 heavy (non-hydrogen) atoms. The normalized spacial score (nSPS) is 27.0. The van der Waals surface area contributed by atoms with E-state index in [1.165, 1.54) is 19.3 Å². The van der Waals surface area contributed by atoms with Crippen molar-refractivity contribution in [3.63, 3.8) is 0 Å². The van der Waals surface area contributed by atoms with Gasteiger partial charge in [-0.25, -0.2) is 0 Å². The van der Waals surface area contributed by atoms with Crippen LogP contribution in [0.4, 0.5) is 0 Å². The molecule has 3 fully saturated rings. The second kappa shape index (κ2) is 11.2. The third-order valence-electron chi connectivity index (χ3n) is 8.63. The van der Waals surface area contributed by atoms with Crippen molar-refractivity contribution < 1.29 is 9.59 Å². The molecule has 1 amide bonds. The highest BCUT2D eigenvalue weighted by Gasteiger charge is 2.35. The van der Waals surface area contributed by atoms with Crippen LogP contribution in [-0.4, -0.2) is 78.7 Å². The molecule has 0 N–H and O–H groups in total. The van der Waals surface area contributed by atoms with Crippen LogP contribution >= 0.6 is 0 Å². The summed E-state index contributed by atoms with van der Waals surface area (Å²) in [4.78, 5) is 32.8. The van der Waals surface area contributed by atoms with Crippen LogP contribution in [0.25, 0.3) is 0 Å². The number of carbonyl (C=O) groups is 2. The van der Waals surface area contributed by atoms with Gasteiger partial charge in [-0.05, 0) is 82.5 Å². The van der Waals surface area contributed by atoms with Crippen LogP contribution in [0.1, 0.15) is 86.5 Å². The Kier molecular flexibility index (Phi) is 9.05. The summed E-state index contributed by atoms with van der Waals surface area (Å²) in [6.45, 7) is 21.4. The Hall–Kier alpha value is -0.940. The Morgan fingerprint density at radius 1 is 0.667 bits per heavy atom. The van der Waals surface area contributed by atoms with Gasteiger partial charge in [0.1, 0.15) is 5.78 Å². The standard InChI is InChI=1S/C28H51N3O2/c1-27(2,3)24-10-8-23(9-11-24)26(33)31-20-18-30(19-21-31)15-7-14-29-16-12-22(13-17-29)25(32)28(4,5)6/h22-24H,7-21H2,1-6H3. The third kappa shape index (κ3) is 7.52. The van der Waals surface area contributed by atoms with Crippen molar-refractivity contribution in [2.24, 2.45) is 28.6 Å². The van der Waals surface area contributed by atoms with Gasteiger partial charge < -0.3 is 9.80 Å². The van der Waals surface area contributed by atoms with E-state index in [1.54, 1.807) is 0 Å². The minimum Gasteiger partial charge on any atom is -0.340 e. The summed E-state index contributed by atoms with van der Waals surface area (Å²) in [5, 5.41) is 0. The number of hydrogen-bond acceptors (Lipinski definition) is 4. The molecule has 2 heterocycles. The minimum atomic E-state index is -0.206. The van der Waals surface area contributed by atoms with E-state index in [2.05, 4.69) is 35.5 Å². The fraction of sp³-hybridized carbons (Fsp3) is 0.929. The molecule has 5 heteroatoms. The zero-order valence-corrected chi connectivity index (χ0v) is 22.5. The number of Topliss-reactive ketones (excluding diaryl/α,β-unsaturated/α-hetero) is 1. The molecule has 1 saturated carbocycles. The number of piperazine rings is 1. The van der Waals surface area contributed by atoms with Gasteiger partial charge in [0.05, 0.1) is 0 Å². The van der Waals surface area contributed by atoms with E-state index in [0.29, 0.717) is 17.1 Å². The second-order valence-electron chi connectivity index (χ2n) is 13.2. The van der Waals surface area contributed by atoms with Crippen LogP contribution in [0.5, 0.6) is 0 Å². The molecule has 0 unspecified atom stereocenters. The monoisotopic (exact) mass is 461 g/mol. The Bertz CT molecular complexity index is 639. The molecule has 0 atom stereocenters. The number of nitrogens with zero attached hydrogens (tertiary/aromatic N) is 3. The Morgan fingerprint density at radius 3 is 1.67 bits per heavy atom. The van der Waals surface area contributed by atoms with Gasteiger partial charge in [-0.2, -0.15) is 0 Å². The zero-order chi connectivity index (χ0) is 24.2. The highest BCUT2D eigenvalue weighted by Crippen LogP contribution is 2.40. The lowest BCUT2D eigenvalue weighted by atomic mass is 9.69. The van der Waals surface area contributed by atoms with Gasteiger partial charge in [0.15, 0.2) is 0 Å². The summed E-state index contributed by atoms with van der Waals surface area (Å²) in [5.74, 6) is 2.16. The first kappa shape index (κ1) is 26.7. The number of hydrogen-bond donors (Lipinski definition) is 0. The van der Waals surface area contributed by atoms with Gasteiger partial charge in [-0.1, -0.05) is 41.5 Å². The summed E-state index contributed by atoms with van der Waals surface area (Å²) in [6, 6.07) is 0. The summed E-state index contributed by atoms with van der Waals surface area (Å²) in [7, 11) is 0. The van der Waals surface area contributed by atoms with E-state index < -0.39 is 0 Å². The van der Waals surface area contributed by atoms with Crippen LogP contribution in [0.2, 0.25) is 0 Å². The lowest BCUT2D eigenvalue weighted by molar-refractivity contribution is -0.139. The quantitative estimate of drug-likeness (QED) is 0.575. The Balaban J connectivity index is 1.29. The van der Waals surface area contributed by atoms with Crippen molar-refractivity contribution in [2.45, 2.75) is 86.5 Å². The topological polar surface area (TPSA) is 43.9 Å². The van der Waals surface area contributed by atoms with Gasteiger partial charge in [0, 0.05) is 43.4 Å². The van der Waals surface area contributed by atoms with E-state index in [1.807, 2.05) is 20.8 Å². The molecule has 5 nitrogen and oxygen atoms in total. The van der Waals surface area contributed by atoms with Crippen molar-refractivity contribution in [1.29, 1.82) is 0 Å². The van der Waals surface area contributed by atoms with Crippen LogP contribution in [-0.2, 0) is 9.59 Å². The Morgan fingerprint density at radius 2 is 1.18 bits per heavy atom. The van der Waals surface area contributed by atoms with Crippen LogP contribution in [0, 0.1) is 28.6 Å². The van der Waals surface area contributed by atoms with Crippen molar-refractivity contribution in [3.8, 4) is 0 Å². The van der Waals surface area contributed by atoms with Crippen molar-refractivity contribution in [3.05, 3.63) is 0 Å². The lowest BCUT2D eigenvalue weighted by Gasteiger charge is -2.40. The summed E-state index contributed by atoms with van der Waals surface area (Å²) >= 11 is 0. The molecule has 1 aliphatic carbocycles. The highest BCUT2D eigenvalue weighted by atomic mass is 16.2. The number of rotatable bonds is 6. The maximum absolute atomic E-state index is 13.0. The van der Waals surface area contributed by atoms with E-state index in [-0.39, 0.29) is 17.3 Å². The molecule has 0 radical (unpaired) electrons. The van der Waals surface area contributed by atoms with Crippen LogP contribution in [0.3, 0.4) is 0 Å². The Labute approximate surface area is 203 Å². The lowest BCUT2D eigenvalue weighted by Crippen LogP contribution is -2.51. The zero-order valence-electron chi connectivity index (χ0n) is 22.5. The second-order valence-corrected chi connectivity index (χ2v) is 13.2. The van der Waals surface area contributed by atoms with Gasteiger partial charge in [0.2, 0.25) is 5.91 Å². The first-order chi connectivity index (χ1) is 15.4. The molecular formula is C28H51N3O2. The molecule has 3 rings (SSSR count). The summed E-state index contributed by atoms with van der Waals surface area (Å²) in [5.41, 5.74) is 0.168. The molecule has 2 aliphatic heterocycles. The molecule has 190 valence electrons. The van der Waals surface area contributed by atoms with Gasteiger partial charge >= 0.3 is 0 Å². The van der Waals surface area contributed by atoms with E-state index in [4.69, 9.17) is 0 Å². The number of ketones is 1. The third-order valence-corrected chi connectivity index (χ3v) is 8.63. The fourth-order valence-corrected chi connectivity index (χ4v) is 6.21. The van der Waals surface area contributed by atoms with Crippen molar-refractivity contribution in [1.82, 2.24) is 14.7 Å². The summed E-state index contributed by atoms with van der Waals surface area (Å²) in [6.07, 6.45) is 7.81. The van der Waals surface area contributed by atoms with Gasteiger partial charge in [-0.15, -0.1) is 0 Å². The summed E-state index contributed by atoms with van der Waals surface area (Å²) < 4.78 is 0. The molecule has 0 aromatic heterocycles. The maximum Gasteiger partial charge on any atom is 0.225 e. The van der Waals surface area contributed by atoms with E-state index >= 15 is 0 Å². The van der Waals surface area contributed by atoms with Crippen molar-refractivity contribution >= 4 is 11.7 Å². The van der Waals surface area contributed by atoms with Crippen LogP contribution < -0.4 is 0 Å². The number of amides is 1. The average Bonchev–Trinajstić information content (AvgIpc) is 2.78. The van der Waals surface area contributed by atoms with Crippen molar-refractivity contribution in [2.75, 3.05) is 52.4 Å². The smallest absolute Gasteiger partial charge is 0.225 e. The maximum atomic E-state index is 13.0. The SMILES string of the molecule is CC(C)(C)C(=O)C1CCN(CCCN2CCN(C(=O)C3CCC(C(C)(C)C)CC3)CC2)CC1. The first-order valence-corrected chi connectivity index (χ1v) is 13.7. The van der Waals surface area contributed by atoms with E-state index in [9.17, 15) is 9.59 Å². The number of piperidine rings is 1. The molecule has 2 saturated heterocycles. The van der Waals surface area contributed by atoms with E-state index in [0.717, 1.165) is 84.0 Å². The predicted molar refractivity (Wildman–Crippen MR) is 136 cm³/mol. The molecule has 0 spiro atoms. The molecule has 0 aromatic rings. The predicted octanol–water partition coefficient (Wildman–Crippen LogP) is 4.70. The highest BCUT2D eigenvalue weighted by molar-refractivity contribution is 5.86. The molecule has 0 bridgehead atoms. The molecule has 0 aromatic carbocycles. The average molecular weight is 462 g/mol. The van der Waals surface area contributed by atoms with Gasteiger partial charge in [0.25, 0.3) is 0 Å². The molecule has 3 aliphatic rings. The number of likely N-dealkylation sites (tertiary alicyclic amines) is 1. The molecular weight excluding hydrogens is 410 g/mol. The number of carbonyl (C=O) groups excluding carboxylic acids is 2. The van der Waals surface area contributed by atoms with Crippen LogP contribution in [0.15, 0.2) is 0 Å².